The van der Waals surface area contributed by atoms with Gasteiger partial charge in [0.1, 0.15) is 0 Å². The van der Waals surface area contributed by atoms with Gasteiger partial charge in [-0.3, -0.25) is 0 Å². The lowest BCUT2D eigenvalue weighted by molar-refractivity contribution is 0.440. The highest BCUT2D eigenvalue weighted by atomic mass is 14.9. The normalized spacial score (nSPS) is 12.2. The Hall–Kier alpha value is -1.69. The van der Waals surface area contributed by atoms with E-state index < -0.39 is 0 Å². The lowest BCUT2D eigenvalue weighted by Crippen LogP contribution is -2.16. The van der Waals surface area contributed by atoms with Gasteiger partial charge in [-0.25, -0.2) is 0 Å². The summed E-state index contributed by atoms with van der Waals surface area (Å²) in [5.41, 5.74) is 8.01. The summed E-state index contributed by atoms with van der Waals surface area (Å²) >= 11 is 0. The van der Waals surface area contributed by atoms with Crippen molar-refractivity contribution < 1.29 is 0 Å². The Balaban J connectivity index is 2.70. The Morgan fingerprint density at radius 1 is 1.38 bits per heavy atom. The fourth-order valence-electron chi connectivity index (χ4n) is 1.29. The Morgan fingerprint density at radius 3 is 2.62 bits per heavy atom. The second-order valence-electron chi connectivity index (χ2n) is 4.52. The van der Waals surface area contributed by atoms with Crippen LogP contribution in [0.25, 0.3) is 0 Å². The summed E-state index contributed by atoms with van der Waals surface area (Å²) in [6, 6.07) is 7.40. The average molecular weight is 217 g/mol. The fourth-order valence-corrected chi connectivity index (χ4v) is 1.29. The average Bonchev–Trinajstić information content (AvgIpc) is 2.27. The van der Waals surface area contributed by atoms with Gasteiger partial charge < -0.3 is 11.1 Å². The molecular weight excluding hydrogens is 198 g/mol. The number of nitrogens with one attached hydrogen (secondary N) is 1. The van der Waals surface area contributed by atoms with E-state index >= 15 is 0 Å². The van der Waals surface area contributed by atoms with Crippen LogP contribution in [0.15, 0.2) is 18.2 Å². The van der Waals surface area contributed by atoms with Crippen LogP contribution in [0.4, 0.5) is 11.4 Å². The van der Waals surface area contributed by atoms with E-state index in [1.165, 1.54) is 0 Å². The van der Waals surface area contributed by atoms with Crippen LogP contribution in [-0.2, 0) is 0 Å². The summed E-state index contributed by atoms with van der Waals surface area (Å²) in [5.74, 6) is 1.21. The molecule has 1 unspecified atom stereocenters. The highest BCUT2D eigenvalue weighted by Gasteiger charge is 2.07. The molecule has 0 fully saturated rings. The molecule has 0 aliphatic rings. The molecule has 0 heterocycles. The summed E-state index contributed by atoms with van der Waals surface area (Å²) in [4.78, 5) is 0. The minimum absolute atomic E-state index is 0.574. The Bertz CT molecular complexity index is 391. The van der Waals surface area contributed by atoms with Crippen molar-refractivity contribution in [2.45, 2.75) is 20.8 Å². The van der Waals surface area contributed by atoms with Gasteiger partial charge in [0.2, 0.25) is 0 Å². The summed E-state index contributed by atoms with van der Waals surface area (Å²) in [5, 5.41) is 12.1. The Morgan fingerprint density at radius 2 is 2.06 bits per heavy atom. The molecular formula is C13H19N3. The molecule has 0 amide bonds. The van der Waals surface area contributed by atoms with Gasteiger partial charge in [0.05, 0.1) is 23.0 Å². The number of nitrogens with zero attached hydrogens (tertiary/aromatic N) is 1. The highest BCUT2D eigenvalue weighted by molar-refractivity contribution is 5.68. The zero-order valence-electron chi connectivity index (χ0n) is 10.1. The largest absolute Gasteiger partial charge is 0.397 e. The van der Waals surface area contributed by atoms with Crippen LogP contribution >= 0.6 is 0 Å². The van der Waals surface area contributed by atoms with Gasteiger partial charge in [-0.1, -0.05) is 20.8 Å². The molecule has 16 heavy (non-hydrogen) atoms. The third kappa shape index (κ3) is 3.16. The van der Waals surface area contributed by atoms with E-state index in [1.807, 2.05) is 0 Å². The fraction of sp³-hybridized carbons (Fsp3) is 0.462. The van der Waals surface area contributed by atoms with Crippen molar-refractivity contribution in [3.8, 4) is 6.07 Å². The van der Waals surface area contributed by atoms with Crippen molar-refractivity contribution in [3.63, 3.8) is 0 Å². The van der Waals surface area contributed by atoms with Crippen molar-refractivity contribution in [1.29, 1.82) is 5.26 Å². The van der Waals surface area contributed by atoms with E-state index in [4.69, 9.17) is 11.0 Å². The number of nitrogens with two attached hydrogens (primary N) is 1. The van der Waals surface area contributed by atoms with Gasteiger partial charge in [-0.15, -0.1) is 0 Å². The molecule has 3 N–H and O–H groups in total. The maximum Gasteiger partial charge on any atom is 0.0992 e. The summed E-state index contributed by atoms with van der Waals surface area (Å²) in [6.07, 6.45) is 0. The third-order valence-electron chi connectivity index (χ3n) is 2.93. The van der Waals surface area contributed by atoms with Crippen LogP contribution in [0.5, 0.6) is 0 Å². The zero-order chi connectivity index (χ0) is 12.1. The summed E-state index contributed by atoms with van der Waals surface area (Å²) < 4.78 is 0. The van der Waals surface area contributed by atoms with Crippen molar-refractivity contribution in [1.82, 2.24) is 0 Å². The molecule has 0 radical (unpaired) electrons. The molecule has 0 spiro atoms. The molecule has 0 aliphatic carbocycles. The monoisotopic (exact) mass is 217 g/mol. The van der Waals surface area contributed by atoms with E-state index in [9.17, 15) is 0 Å². The molecule has 1 atom stereocenters. The molecule has 0 bridgehead atoms. The number of benzene rings is 1. The number of rotatable bonds is 4. The number of nitrogen functional groups attached to an aromatic ring is 1. The number of hydrogen-bond donors (Lipinski definition) is 2. The van der Waals surface area contributed by atoms with E-state index in [0.717, 1.165) is 12.2 Å². The van der Waals surface area contributed by atoms with Crippen LogP contribution in [0.2, 0.25) is 0 Å². The minimum atomic E-state index is 0.574. The molecule has 0 saturated heterocycles. The lowest BCUT2D eigenvalue weighted by Gasteiger charge is -2.17. The Kier molecular flexibility index (Phi) is 4.19. The minimum Gasteiger partial charge on any atom is -0.397 e. The predicted molar refractivity (Wildman–Crippen MR) is 68.1 cm³/mol. The SMILES string of the molecule is CC(C)C(C)CNc1cc(C#N)ccc1N. The van der Waals surface area contributed by atoms with Gasteiger partial charge >= 0.3 is 0 Å². The number of nitriles is 1. The van der Waals surface area contributed by atoms with Crippen LogP contribution in [0.1, 0.15) is 26.3 Å². The third-order valence-corrected chi connectivity index (χ3v) is 2.93. The predicted octanol–water partition coefficient (Wildman–Crippen LogP) is 2.84. The molecule has 86 valence electrons. The zero-order valence-corrected chi connectivity index (χ0v) is 10.1. The summed E-state index contributed by atoms with van der Waals surface area (Å²) in [7, 11) is 0. The first-order chi connectivity index (χ1) is 7.54. The molecule has 0 saturated carbocycles. The first kappa shape index (κ1) is 12.4. The van der Waals surface area contributed by atoms with Crippen molar-refractivity contribution in [2.24, 2.45) is 11.8 Å². The smallest absolute Gasteiger partial charge is 0.0992 e. The molecule has 1 aromatic carbocycles. The van der Waals surface area contributed by atoms with E-state index in [2.05, 4.69) is 32.2 Å². The summed E-state index contributed by atoms with van der Waals surface area (Å²) in [6.45, 7) is 7.46. The second-order valence-corrected chi connectivity index (χ2v) is 4.52. The standard InChI is InChI=1S/C13H19N3/c1-9(2)10(3)8-16-13-6-11(7-14)4-5-12(13)15/h4-6,9-10,16H,8,15H2,1-3H3. The van der Waals surface area contributed by atoms with E-state index in [0.29, 0.717) is 23.1 Å². The van der Waals surface area contributed by atoms with E-state index in [-0.39, 0.29) is 0 Å². The molecule has 0 aliphatic heterocycles. The van der Waals surface area contributed by atoms with Crippen LogP contribution in [0.3, 0.4) is 0 Å². The first-order valence-corrected chi connectivity index (χ1v) is 5.58. The van der Waals surface area contributed by atoms with Gasteiger partial charge in [-0.05, 0) is 30.0 Å². The molecule has 0 aromatic heterocycles. The molecule has 3 heteroatoms. The first-order valence-electron chi connectivity index (χ1n) is 5.58. The highest BCUT2D eigenvalue weighted by Crippen LogP contribution is 2.21. The lowest BCUT2D eigenvalue weighted by atomic mass is 9.98. The second kappa shape index (κ2) is 5.41. The quantitative estimate of drug-likeness (QED) is 0.762. The maximum atomic E-state index is 8.80. The van der Waals surface area contributed by atoms with Gasteiger partial charge in [-0.2, -0.15) is 5.26 Å². The van der Waals surface area contributed by atoms with E-state index in [1.54, 1.807) is 18.2 Å². The number of hydrogen-bond acceptors (Lipinski definition) is 3. The Labute approximate surface area is 97.3 Å². The topological polar surface area (TPSA) is 61.8 Å². The molecule has 1 aromatic rings. The van der Waals surface area contributed by atoms with Crippen LogP contribution < -0.4 is 11.1 Å². The van der Waals surface area contributed by atoms with Gasteiger partial charge in [0, 0.05) is 6.54 Å². The van der Waals surface area contributed by atoms with Gasteiger partial charge in [0.25, 0.3) is 0 Å². The van der Waals surface area contributed by atoms with Crippen molar-refractivity contribution in [3.05, 3.63) is 23.8 Å². The molecule has 1 rings (SSSR count). The number of anilines is 2. The van der Waals surface area contributed by atoms with Crippen LogP contribution in [0, 0.1) is 23.2 Å². The van der Waals surface area contributed by atoms with Gasteiger partial charge in [0.15, 0.2) is 0 Å². The van der Waals surface area contributed by atoms with Crippen molar-refractivity contribution in [2.75, 3.05) is 17.6 Å². The maximum absolute atomic E-state index is 8.80. The van der Waals surface area contributed by atoms with Crippen LogP contribution in [-0.4, -0.2) is 6.54 Å². The molecule has 3 nitrogen and oxygen atoms in total. The van der Waals surface area contributed by atoms with Crippen molar-refractivity contribution >= 4 is 11.4 Å².